The zero-order valence-corrected chi connectivity index (χ0v) is 15.2. The van der Waals surface area contributed by atoms with Gasteiger partial charge in [0, 0.05) is 13.6 Å². The fourth-order valence-corrected chi connectivity index (χ4v) is 3.14. The van der Waals surface area contributed by atoms with Gasteiger partial charge in [0.05, 0.1) is 18.2 Å². The number of amides is 2. The van der Waals surface area contributed by atoms with E-state index in [1.54, 1.807) is 19.2 Å². The predicted molar refractivity (Wildman–Crippen MR) is 99.1 cm³/mol. The van der Waals surface area contributed by atoms with Gasteiger partial charge in [-0.05, 0) is 30.2 Å². The third-order valence-corrected chi connectivity index (χ3v) is 4.77. The van der Waals surface area contributed by atoms with Crippen LogP contribution in [-0.2, 0) is 16.1 Å². The molecule has 0 aliphatic carbocycles. The molecule has 0 saturated heterocycles. The number of carbonyl (C=O) groups is 2. The molecular weight excluding hydrogens is 347 g/mol. The van der Waals surface area contributed by atoms with Gasteiger partial charge in [0.1, 0.15) is 5.82 Å². The van der Waals surface area contributed by atoms with Gasteiger partial charge >= 0.3 is 0 Å². The van der Waals surface area contributed by atoms with Crippen LogP contribution in [0.25, 0.3) is 0 Å². The highest BCUT2D eigenvalue weighted by Gasteiger charge is 2.37. The number of rotatable bonds is 5. The summed E-state index contributed by atoms with van der Waals surface area (Å²) in [5.41, 5.74) is 1.76. The molecule has 0 bridgehead atoms. The lowest BCUT2D eigenvalue weighted by Crippen LogP contribution is -2.33. The van der Waals surface area contributed by atoms with Gasteiger partial charge in [-0.2, -0.15) is 0 Å². The second-order valence-corrected chi connectivity index (χ2v) is 6.63. The maximum absolute atomic E-state index is 13.0. The number of benzene rings is 2. The van der Waals surface area contributed by atoms with Crippen molar-refractivity contribution in [2.45, 2.75) is 19.5 Å². The Kier molecular flexibility index (Phi) is 5.26. The van der Waals surface area contributed by atoms with Gasteiger partial charge in [0.25, 0.3) is 11.8 Å². The van der Waals surface area contributed by atoms with Crippen LogP contribution < -0.4 is 0 Å². The van der Waals surface area contributed by atoms with Crippen LogP contribution in [0.4, 0.5) is 4.39 Å². The van der Waals surface area contributed by atoms with E-state index in [1.807, 2.05) is 37.3 Å². The van der Waals surface area contributed by atoms with E-state index < -0.39 is 17.6 Å². The minimum atomic E-state index is -0.551. The molecular formula is C21H21FN2O3. The Bertz CT molecular complexity index is 878. The standard InChI is InChI=1S/C21H21FN2O3/c1-14(16-6-4-3-5-7-16)24-13-18(19(25)21(24)27)20(26)23(2)12-15-8-10-17(22)11-9-15/h3-11,14,25H,12-13H2,1-2H3. The minimum absolute atomic E-state index is 0.0489. The Morgan fingerprint density at radius 3 is 2.44 bits per heavy atom. The highest BCUT2D eigenvalue weighted by atomic mass is 19.1. The highest BCUT2D eigenvalue weighted by Crippen LogP contribution is 2.28. The molecule has 2 aromatic rings. The van der Waals surface area contributed by atoms with Crippen molar-refractivity contribution in [2.75, 3.05) is 13.6 Å². The maximum atomic E-state index is 13.0. The number of nitrogens with zero attached hydrogens (tertiary/aromatic N) is 2. The van der Waals surface area contributed by atoms with Crippen molar-refractivity contribution in [3.63, 3.8) is 0 Å². The van der Waals surface area contributed by atoms with Crippen molar-refractivity contribution in [1.82, 2.24) is 9.80 Å². The van der Waals surface area contributed by atoms with Gasteiger partial charge in [-0.15, -0.1) is 0 Å². The monoisotopic (exact) mass is 368 g/mol. The van der Waals surface area contributed by atoms with E-state index in [9.17, 15) is 19.1 Å². The SMILES string of the molecule is CC(c1ccccc1)N1CC(C(=O)N(C)Cc2ccc(F)cc2)=C(O)C1=O. The quantitative estimate of drug-likeness (QED) is 0.882. The molecule has 5 nitrogen and oxygen atoms in total. The lowest BCUT2D eigenvalue weighted by atomic mass is 10.1. The molecule has 6 heteroatoms. The van der Waals surface area contributed by atoms with Crippen LogP contribution in [0.2, 0.25) is 0 Å². The molecule has 0 aromatic heterocycles. The van der Waals surface area contributed by atoms with Crippen LogP contribution in [0.3, 0.4) is 0 Å². The largest absolute Gasteiger partial charge is 0.503 e. The van der Waals surface area contributed by atoms with Gasteiger partial charge < -0.3 is 14.9 Å². The third kappa shape index (κ3) is 3.84. The lowest BCUT2D eigenvalue weighted by Gasteiger charge is -2.25. The first-order valence-corrected chi connectivity index (χ1v) is 8.66. The smallest absolute Gasteiger partial charge is 0.290 e. The summed E-state index contributed by atoms with van der Waals surface area (Å²) in [7, 11) is 1.58. The number of hydrogen-bond acceptors (Lipinski definition) is 3. The highest BCUT2D eigenvalue weighted by molar-refractivity contribution is 6.07. The molecule has 2 aromatic carbocycles. The fourth-order valence-electron chi connectivity index (χ4n) is 3.14. The van der Waals surface area contributed by atoms with Crippen LogP contribution in [0, 0.1) is 5.82 Å². The van der Waals surface area contributed by atoms with E-state index >= 15 is 0 Å². The molecule has 0 radical (unpaired) electrons. The Morgan fingerprint density at radius 1 is 1.19 bits per heavy atom. The van der Waals surface area contributed by atoms with Crippen LogP contribution >= 0.6 is 0 Å². The van der Waals surface area contributed by atoms with Gasteiger partial charge in [-0.3, -0.25) is 9.59 Å². The molecule has 3 rings (SSSR count). The Morgan fingerprint density at radius 2 is 1.81 bits per heavy atom. The molecule has 0 fully saturated rings. The molecule has 1 atom stereocenters. The summed E-state index contributed by atoms with van der Waals surface area (Å²) in [5, 5.41) is 10.2. The van der Waals surface area contributed by atoms with E-state index in [2.05, 4.69) is 0 Å². The topological polar surface area (TPSA) is 60.9 Å². The van der Waals surface area contributed by atoms with E-state index in [0.29, 0.717) is 0 Å². The lowest BCUT2D eigenvalue weighted by molar-refractivity contribution is -0.129. The van der Waals surface area contributed by atoms with Crippen molar-refractivity contribution in [3.05, 3.63) is 82.9 Å². The Hall–Kier alpha value is -3.15. The van der Waals surface area contributed by atoms with Crippen LogP contribution in [-0.4, -0.2) is 40.3 Å². The fraction of sp³-hybridized carbons (Fsp3) is 0.238. The first-order valence-electron chi connectivity index (χ1n) is 8.66. The number of aliphatic hydroxyl groups is 1. The molecule has 140 valence electrons. The zero-order chi connectivity index (χ0) is 19.6. The van der Waals surface area contributed by atoms with Crippen LogP contribution in [0.15, 0.2) is 65.9 Å². The first-order chi connectivity index (χ1) is 12.9. The van der Waals surface area contributed by atoms with Crippen molar-refractivity contribution in [3.8, 4) is 0 Å². The second kappa shape index (κ2) is 7.61. The van der Waals surface area contributed by atoms with Gasteiger partial charge in [0.15, 0.2) is 5.76 Å². The predicted octanol–water partition coefficient (Wildman–Crippen LogP) is 3.20. The van der Waals surface area contributed by atoms with Crippen molar-refractivity contribution < 1.29 is 19.1 Å². The minimum Gasteiger partial charge on any atom is -0.503 e. The molecule has 1 aliphatic rings. The van der Waals surface area contributed by atoms with Gasteiger partial charge in [-0.1, -0.05) is 42.5 Å². The molecule has 1 unspecified atom stereocenters. The molecule has 0 saturated carbocycles. The summed E-state index contributed by atoms with van der Waals surface area (Å²) in [5.74, 6) is -1.83. The number of carbonyl (C=O) groups excluding carboxylic acids is 2. The average molecular weight is 368 g/mol. The maximum Gasteiger partial charge on any atom is 0.290 e. The molecule has 1 N–H and O–H groups in total. The third-order valence-electron chi connectivity index (χ3n) is 4.77. The summed E-state index contributed by atoms with van der Waals surface area (Å²) >= 11 is 0. The average Bonchev–Trinajstić information content (AvgIpc) is 2.98. The second-order valence-electron chi connectivity index (χ2n) is 6.63. The Labute approximate surface area is 157 Å². The van der Waals surface area contributed by atoms with Crippen LogP contribution in [0.5, 0.6) is 0 Å². The summed E-state index contributed by atoms with van der Waals surface area (Å²) in [6.07, 6.45) is 0. The number of aliphatic hydroxyl groups excluding tert-OH is 1. The van der Waals surface area contributed by atoms with Crippen LogP contribution in [0.1, 0.15) is 24.1 Å². The van der Waals surface area contributed by atoms with E-state index in [-0.39, 0.29) is 30.5 Å². The van der Waals surface area contributed by atoms with Gasteiger partial charge in [0.2, 0.25) is 0 Å². The number of halogens is 1. The summed E-state index contributed by atoms with van der Waals surface area (Å²) < 4.78 is 13.0. The van der Waals surface area contributed by atoms with Crippen molar-refractivity contribution in [2.24, 2.45) is 0 Å². The molecule has 27 heavy (non-hydrogen) atoms. The molecule has 0 spiro atoms. The summed E-state index contributed by atoms with van der Waals surface area (Å²) in [4.78, 5) is 28.1. The van der Waals surface area contributed by atoms with Crippen molar-refractivity contribution >= 4 is 11.8 Å². The first kappa shape index (κ1) is 18.6. The number of hydrogen-bond donors (Lipinski definition) is 1. The summed E-state index contributed by atoms with van der Waals surface area (Å²) in [6.45, 7) is 2.15. The normalized spacial score (nSPS) is 15.2. The molecule has 2 amide bonds. The molecule has 1 heterocycles. The number of likely N-dealkylation sites (N-methyl/N-ethyl adjacent to an activating group) is 1. The van der Waals surface area contributed by atoms with E-state index in [1.165, 1.54) is 21.9 Å². The molecule has 1 aliphatic heterocycles. The van der Waals surface area contributed by atoms with E-state index in [4.69, 9.17) is 0 Å². The van der Waals surface area contributed by atoms with Gasteiger partial charge in [-0.25, -0.2) is 4.39 Å². The zero-order valence-electron chi connectivity index (χ0n) is 15.2. The van der Waals surface area contributed by atoms with Crippen molar-refractivity contribution in [1.29, 1.82) is 0 Å². The Balaban J connectivity index is 1.73. The summed E-state index contributed by atoms with van der Waals surface area (Å²) in [6, 6.07) is 15.0. The van der Waals surface area contributed by atoms with E-state index in [0.717, 1.165) is 11.1 Å².